The van der Waals surface area contributed by atoms with Gasteiger partial charge in [0.2, 0.25) is 11.8 Å². The summed E-state index contributed by atoms with van der Waals surface area (Å²) in [6.07, 6.45) is -0.378. The summed E-state index contributed by atoms with van der Waals surface area (Å²) in [5.74, 6) is -0.579. The van der Waals surface area contributed by atoms with Crippen LogP contribution in [0.5, 0.6) is 5.88 Å². The average molecular weight is 364 g/mol. The second-order valence-corrected chi connectivity index (χ2v) is 5.60. The number of para-hydroxylation sites is 1. The first kappa shape index (κ1) is 19.5. The van der Waals surface area contributed by atoms with E-state index in [4.69, 9.17) is 10.00 Å². The largest absolute Gasteiger partial charge is 0.477 e. The zero-order valence-corrected chi connectivity index (χ0v) is 14.3. The molecular weight excluding hydrogens is 345 g/mol. The third-order valence-corrected chi connectivity index (χ3v) is 3.59. The van der Waals surface area contributed by atoms with Crippen LogP contribution in [0.1, 0.15) is 43.7 Å². The highest BCUT2D eigenvalue weighted by molar-refractivity contribution is 5.63. The Balaban J connectivity index is 2.20. The van der Waals surface area contributed by atoms with Crippen LogP contribution in [0, 0.1) is 11.3 Å². The van der Waals surface area contributed by atoms with Gasteiger partial charge in [0, 0.05) is 6.20 Å². The van der Waals surface area contributed by atoms with E-state index < -0.39 is 17.6 Å². The second-order valence-electron chi connectivity index (χ2n) is 5.60. The van der Waals surface area contributed by atoms with E-state index in [1.54, 1.807) is 24.3 Å². The molecule has 0 saturated carbocycles. The third kappa shape index (κ3) is 5.34. The molecule has 0 aliphatic heterocycles. The van der Waals surface area contributed by atoms with Crippen molar-refractivity contribution in [2.24, 2.45) is 0 Å². The monoisotopic (exact) mass is 364 g/mol. The maximum Gasteiger partial charge on any atom is 0.423 e. The van der Waals surface area contributed by atoms with Gasteiger partial charge in [-0.25, -0.2) is 4.98 Å². The molecule has 0 spiro atoms. The van der Waals surface area contributed by atoms with Crippen LogP contribution in [0.25, 0.3) is 0 Å². The van der Waals surface area contributed by atoms with Crippen LogP contribution in [0.2, 0.25) is 0 Å². The number of ether oxygens (including phenoxy) is 1. The fourth-order valence-electron chi connectivity index (χ4n) is 2.24. The lowest BCUT2D eigenvalue weighted by atomic mass is 10.2. The summed E-state index contributed by atoms with van der Waals surface area (Å²) in [6, 6.07) is 8.56. The van der Waals surface area contributed by atoms with Gasteiger partial charge >= 0.3 is 6.18 Å². The first-order valence-corrected chi connectivity index (χ1v) is 8.29. The molecule has 1 aromatic carbocycles. The zero-order chi connectivity index (χ0) is 19.0. The van der Waals surface area contributed by atoms with Crippen LogP contribution in [0.3, 0.4) is 0 Å². The molecule has 2 aromatic rings. The lowest BCUT2D eigenvalue weighted by molar-refractivity contribution is -0.139. The van der Waals surface area contributed by atoms with E-state index in [2.05, 4.69) is 15.3 Å². The van der Waals surface area contributed by atoms with Crippen LogP contribution < -0.4 is 10.1 Å². The molecule has 0 radical (unpaired) electrons. The van der Waals surface area contributed by atoms with Gasteiger partial charge < -0.3 is 10.1 Å². The van der Waals surface area contributed by atoms with E-state index in [0.717, 1.165) is 19.3 Å². The van der Waals surface area contributed by atoms with Gasteiger partial charge in [-0.05, 0) is 18.6 Å². The SMILES string of the molecule is CCCCCCOc1nc(Nc2ccccc2C#N)ncc1C(F)(F)F. The molecule has 1 N–H and O–H groups in total. The summed E-state index contributed by atoms with van der Waals surface area (Å²) in [7, 11) is 0. The Morgan fingerprint density at radius 3 is 2.65 bits per heavy atom. The Bertz CT molecular complexity index is 772. The van der Waals surface area contributed by atoms with E-state index in [-0.39, 0.29) is 12.6 Å². The number of hydrogen-bond acceptors (Lipinski definition) is 5. The normalized spacial score (nSPS) is 11.0. The lowest BCUT2D eigenvalue weighted by Crippen LogP contribution is -2.13. The lowest BCUT2D eigenvalue weighted by Gasteiger charge is -2.14. The third-order valence-electron chi connectivity index (χ3n) is 3.59. The quantitative estimate of drug-likeness (QED) is 0.662. The predicted molar refractivity (Wildman–Crippen MR) is 91.1 cm³/mol. The van der Waals surface area contributed by atoms with E-state index in [1.165, 1.54) is 0 Å². The highest BCUT2D eigenvalue weighted by Crippen LogP contribution is 2.35. The molecule has 5 nitrogen and oxygen atoms in total. The summed E-state index contributed by atoms with van der Waals surface area (Å²) < 4.78 is 44.7. The van der Waals surface area contributed by atoms with Gasteiger partial charge in [-0.15, -0.1) is 0 Å². The Labute approximate surface area is 149 Å². The maximum atomic E-state index is 13.1. The van der Waals surface area contributed by atoms with Crippen LogP contribution in [-0.2, 0) is 6.18 Å². The molecule has 0 aliphatic rings. The number of nitrogens with zero attached hydrogens (tertiary/aromatic N) is 3. The molecule has 0 saturated heterocycles. The van der Waals surface area contributed by atoms with Crippen molar-refractivity contribution in [2.75, 3.05) is 11.9 Å². The molecule has 8 heteroatoms. The van der Waals surface area contributed by atoms with Crippen LogP contribution in [-0.4, -0.2) is 16.6 Å². The number of nitriles is 1. The molecule has 138 valence electrons. The van der Waals surface area contributed by atoms with Gasteiger partial charge in [0.05, 0.1) is 17.9 Å². The van der Waals surface area contributed by atoms with Crippen LogP contribution in [0.4, 0.5) is 24.8 Å². The maximum absolute atomic E-state index is 13.1. The summed E-state index contributed by atoms with van der Waals surface area (Å²) >= 11 is 0. The molecule has 26 heavy (non-hydrogen) atoms. The second kappa shape index (κ2) is 9.04. The number of unbranched alkanes of at least 4 members (excludes halogenated alkanes) is 3. The van der Waals surface area contributed by atoms with E-state index in [9.17, 15) is 13.2 Å². The Hall–Kier alpha value is -2.82. The minimum atomic E-state index is -4.61. The molecule has 0 unspecified atom stereocenters. The van der Waals surface area contributed by atoms with Crippen LogP contribution in [0.15, 0.2) is 30.5 Å². The van der Waals surface area contributed by atoms with Crippen molar-refractivity contribution in [2.45, 2.75) is 38.8 Å². The molecule has 1 aromatic heterocycles. The average Bonchev–Trinajstić information content (AvgIpc) is 2.61. The fourth-order valence-corrected chi connectivity index (χ4v) is 2.24. The molecule has 1 heterocycles. The van der Waals surface area contributed by atoms with Crippen molar-refractivity contribution < 1.29 is 17.9 Å². The number of halogens is 3. The molecule has 0 fully saturated rings. The minimum Gasteiger partial charge on any atom is -0.477 e. The Morgan fingerprint density at radius 1 is 1.19 bits per heavy atom. The van der Waals surface area contributed by atoms with Gasteiger partial charge in [0.1, 0.15) is 11.6 Å². The number of nitrogens with one attached hydrogen (secondary N) is 1. The number of rotatable bonds is 8. The summed E-state index contributed by atoms with van der Waals surface area (Å²) in [4.78, 5) is 7.56. The van der Waals surface area contributed by atoms with Crippen molar-refractivity contribution in [3.05, 3.63) is 41.6 Å². The number of alkyl halides is 3. The van der Waals surface area contributed by atoms with Gasteiger partial charge in [-0.3, -0.25) is 0 Å². The van der Waals surface area contributed by atoms with E-state index in [1.807, 2.05) is 13.0 Å². The first-order valence-electron chi connectivity index (χ1n) is 8.29. The Morgan fingerprint density at radius 2 is 1.96 bits per heavy atom. The number of benzene rings is 1. The molecular formula is C18H19F3N4O. The fraction of sp³-hybridized carbons (Fsp3) is 0.389. The zero-order valence-electron chi connectivity index (χ0n) is 14.3. The van der Waals surface area contributed by atoms with Gasteiger partial charge in [-0.1, -0.05) is 38.3 Å². The van der Waals surface area contributed by atoms with Gasteiger partial charge in [0.15, 0.2) is 0 Å². The molecule has 0 bridgehead atoms. The first-order chi connectivity index (χ1) is 12.5. The van der Waals surface area contributed by atoms with Crippen molar-refractivity contribution in [3.8, 4) is 11.9 Å². The Kier molecular flexibility index (Phi) is 6.78. The minimum absolute atomic E-state index is 0.0655. The van der Waals surface area contributed by atoms with Gasteiger partial charge in [0.25, 0.3) is 0 Å². The van der Waals surface area contributed by atoms with Crippen molar-refractivity contribution in [3.63, 3.8) is 0 Å². The number of hydrogen-bond donors (Lipinski definition) is 1. The molecule has 0 atom stereocenters. The standard InChI is InChI=1S/C18H19F3N4O/c1-2-3-4-7-10-26-16-14(18(19,20)21)12-23-17(25-16)24-15-9-6-5-8-13(15)11-22/h5-6,8-9,12H,2-4,7,10H2,1H3,(H,23,24,25). The summed E-state index contributed by atoms with van der Waals surface area (Å²) in [6.45, 7) is 2.19. The van der Waals surface area contributed by atoms with E-state index in [0.29, 0.717) is 23.9 Å². The highest BCUT2D eigenvalue weighted by Gasteiger charge is 2.36. The number of aromatic nitrogens is 2. The van der Waals surface area contributed by atoms with Crippen molar-refractivity contribution in [1.29, 1.82) is 5.26 Å². The molecule has 2 rings (SSSR count). The number of anilines is 2. The van der Waals surface area contributed by atoms with Crippen molar-refractivity contribution >= 4 is 11.6 Å². The molecule has 0 aliphatic carbocycles. The van der Waals surface area contributed by atoms with E-state index >= 15 is 0 Å². The van der Waals surface area contributed by atoms with Crippen molar-refractivity contribution in [1.82, 2.24) is 9.97 Å². The predicted octanol–water partition coefficient (Wildman–Crippen LogP) is 5.07. The smallest absolute Gasteiger partial charge is 0.423 e. The molecule has 0 amide bonds. The highest BCUT2D eigenvalue weighted by atomic mass is 19.4. The topological polar surface area (TPSA) is 70.8 Å². The van der Waals surface area contributed by atoms with Crippen LogP contribution >= 0.6 is 0 Å². The summed E-state index contributed by atoms with van der Waals surface area (Å²) in [5, 5.41) is 11.8. The van der Waals surface area contributed by atoms with Gasteiger partial charge in [-0.2, -0.15) is 23.4 Å². The summed E-state index contributed by atoms with van der Waals surface area (Å²) in [5.41, 5.74) is -0.284.